The van der Waals surface area contributed by atoms with Gasteiger partial charge in [0.25, 0.3) is 0 Å². The average molecular weight is 170 g/mol. The predicted molar refractivity (Wildman–Crippen MR) is 47.2 cm³/mol. The fourth-order valence-electron chi connectivity index (χ4n) is 0.615. The van der Waals surface area contributed by atoms with Gasteiger partial charge in [0.15, 0.2) is 0 Å². The van der Waals surface area contributed by atoms with Crippen LogP contribution in [0.15, 0.2) is 0 Å². The fraction of sp³-hybridized carbons (Fsp3) is 1.00. The van der Waals surface area contributed by atoms with Crippen LogP contribution in [0, 0.1) is 0 Å². The molecule has 0 aliphatic rings. The zero-order valence-electron chi connectivity index (χ0n) is 6.31. The molecule has 0 radical (unpaired) electrons. The van der Waals surface area contributed by atoms with Gasteiger partial charge in [0.05, 0.1) is 0 Å². The SMILES string of the molecule is CCO[PH](C)(P)OCC. The van der Waals surface area contributed by atoms with Gasteiger partial charge in [-0.05, 0) is 0 Å². The summed E-state index contributed by atoms with van der Waals surface area (Å²) in [4.78, 5) is 0. The molecule has 0 amide bonds. The topological polar surface area (TPSA) is 18.5 Å². The molecular weight excluding hydrogens is 154 g/mol. The molecule has 0 saturated carbocycles. The van der Waals surface area contributed by atoms with Crippen LogP contribution in [0.5, 0.6) is 0 Å². The molecule has 4 heteroatoms. The molecule has 0 aromatic heterocycles. The Labute approximate surface area is 59.9 Å². The first-order chi connectivity index (χ1) is 4.12. The Balaban J connectivity index is 3.43. The summed E-state index contributed by atoms with van der Waals surface area (Å²) in [6.45, 7) is 7.46. The Kier molecular flexibility index (Phi) is 4.97. The van der Waals surface area contributed by atoms with Crippen LogP contribution in [0.2, 0.25) is 0 Å². The van der Waals surface area contributed by atoms with Gasteiger partial charge in [0.2, 0.25) is 0 Å². The Bertz CT molecular complexity index is 67.4. The van der Waals surface area contributed by atoms with E-state index in [9.17, 15) is 0 Å². The molecule has 2 nitrogen and oxygen atoms in total. The first-order valence-corrected chi connectivity index (χ1v) is 7.31. The number of hydrogen-bond acceptors (Lipinski definition) is 2. The van der Waals surface area contributed by atoms with E-state index in [4.69, 9.17) is 9.05 Å². The summed E-state index contributed by atoms with van der Waals surface area (Å²) in [6, 6.07) is 0. The summed E-state index contributed by atoms with van der Waals surface area (Å²) in [7, 11) is 0.865. The van der Waals surface area contributed by atoms with Crippen molar-refractivity contribution in [3.8, 4) is 0 Å². The summed E-state index contributed by atoms with van der Waals surface area (Å²) in [6.07, 6.45) is 0. The molecule has 58 valence electrons. The standard InChI is InChI=1S/C5H16O2P2/c1-4-6-9(3,8)7-5-2/h9H,4-5,8H2,1-3H3. The molecule has 0 heterocycles. The van der Waals surface area contributed by atoms with E-state index in [0.717, 1.165) is 13.2 Å². The van der Waals surface area contributed by atoms with E-state index in [0.29, 0.717) is 0 Å². The third-order valence-corrected chi connectivity index (χ3v) is 3.59. The summed E-state index contributed by atoms with van der Waals surface area (Å²) in [5.41, 5.74) is 0. The second-order valence-corrected chi connectivity index (χ2v) is 7.64. The summed E-state index contributed by atoms with van der Waals surface area (Å²) in [5.74, 6) is 0. The molecule has 0 saturated heterocycles. The van der Waals surface area contributed by atoms with Crippen LogP contribution in [0.25, 0.3) is 0 Å². The molecule has 1 unspecified atom stereocenters. The van der Waals surface area contributed by atoms with Crippen molar-refractivity contribution in [2.45, 2.75) is 13.8 Å². The van der Waals surface area contributed by atoms with Crippen molar-refractivity contribution in [2.75, 3.05) is 19.9 Å². The Morgan fingerprint density at radius 2 is 1.56 bits per heavy atom. The number of rotatable bonds is 4. The molecule has 0 aliphatic carbocycles. The van der Waals surface area contributed by atoms with E-state index in [2.05, 4.69) is 8.93 Å². The van der Waals surface area contributed by atoms with Gasteiger partial charge in [0, 0.05) is 0 Å². The third-order valence-electron chi connectivity index (χ3n) is 0.862. The molecule has 0 aromatic carbocycles. The van der Waals surface area contributed by atoms with Crippen LogP contribution >= 0.6 is 16.3 Å². The molecule has 0 aliphatic heterocycles. The van der Waals surface area contributed by atoms with Crippen molar-refractivity contribution in [1.82, 2.24) is 0 Å². The molecule has 1 atom stereocenters. The van der Waals surface area contributed by atoms with E-state index >= 15 is 0 Å². The zero-order chi connectivity index (χ0) is 7.33. The van der Waals surface area contributed by atoms with E-state index in [1.807, 2.05) is 20.5 Å². The van der Waals surface area contributed by atoms with Gasteiger partial charge in [-0.3, -0.25) is 0 Å². The Hall–Kier alpha value is 0.780. The van der Waals surface area contributed by atoms with Gasteiger partial charge >= 0.3 is 59.1 Å². The third kappa shape index (κ3) is 5.24. The van der Waals surface area contributed by atoms with Crippen molar-refractivity contribution in [3.63, 3.8) is 0 Å². The molecule has 0 rings (SSSR count). The molecular formula is C5H16O2P2. The van der Waals surface area contributed by atoms with E-state index in [1.165, 1.54) is 0 Å². The minimum atomic E-state index is -1.79. The molecule has 0 spiro atoms. The molecule has 0 N–H and O–H groups in total. The maximum atomic E-state index is 5.35. The second kappa shape index (κ2) is 4.57. The maximum absolute atomic E-state index is 5.35. The summed E-state index contributed by atoms with van der Waals surface area (Å²) >= 11 is 0. The normalized spacial score (nSPS) is 13.8. The first-order valence-electron chi connectivity index (χ1n) is 3.19. The summed E-state index contributed by atoms with van der Waals surface area (Å²) < 4.78 is 10.7. The van der Waals surface area contributed by atoms with Gasteiger partial charge in [-0.1, -0.05) is 0 Å². The van der Waals surface area contributed by atoms with E-state index in [-0.39, 0.29) is 0 Å². The molecule has 0 aromatic rings. The monoisotopic (exact) mass is 170 g/mol. The number of hydrogen-bond donors (Lipinski definition) is 0. The Morgan fingerprint density at radius 1 is 1.22 bits per heavy atom. The van der Waals surface area contributed by atoms with Crippen molar-refractivity contribution in [3.05, 3.63) is 0 Å². The molecule has 9 heavy (non-hydrogen) atoms. The van der Waals surface area contributed by atoms with Crippen molar-refractivity contribution >= 4 is 16.3 Å². The van der Waals surface area contributed by atoms with Gasteiger partial charge in [-0.15, -0.1) is 0 Å². The zero-order valence-corrected chi connectivity index (χ0v) is 8.46. The van der Waals surface area contributed by atoms with E-state index in [1.54, 1.807) is 0 Å². The van der Waals surface area contributed by atoms with Crippen molar-refractivity contribution in [1.29, 1.82) is 0 Å². The molecule has 0 bridgehead atoms. The quantitative estimate of drug-likeness (QED) is 0.601. The van der Waals surface area contributed by atoms with Gasteiger partial charge in [-0.2, -0.15) is 0 Å². The van der Waals surface area contributed by atoms with Gasteiger partial charge in [0.1, 0.15) is 0 Å². The molecule has 0 fully saturated rings. The van der Waals surface area contributed by atoms with E-state index < -0.39 is 7.40 Å². The van der Waals surface area contributed by atoms with Crippen LogP contribution in [-0.2, 0) is 9.05 Å². The van der Waals surface area contributed by atoms with Crippen molar-refractivity contribution in [2.24, 2.45) is 0 Å². The predicted octanol–water partition coefficient (Wildman–Crippen LogP) is 2.06. The van der Waals surface area contributed by atoms with Gasteiger partial charge < -0.3 is 0 Å². The van der Waals surface area contributed by atoms with Crippen LogP contribution in [-0.4, -0.2) is 19.9 Å². The van der Waals surface area contributed by atoms with Crippen LogP contribution in [0.4, 0.5) is 0 Å². The fourth-order valence-corrected chi connectivity index (χ4v) is 2.84. The van der Waals surface area contributed by atoms with Gasteiger partial charge in [-0.25, -0.2) is 0 Å². The first kappa shape index (κ1) is 9.78. The van der Waals surface area contributed by atoms with Crippen LogP contribution in [0.3, 0.4) is 0 Å². The van der Waals surface area contributed by atoms with Crippen LogP contribution < -0.4 is 0 Å². The Morgan fingerprint density at radius 3 is 1.78 bits per heavy atom. The minimum absolute atomic E-state index is 0.742. The average Bonchev–Trinajstić information content (AvgIpc) is 1.64. The van der Waals surface area contributed by atoms with Crippen molar-refractivity contribution < 1.29 is 9.05 Å². The van der Waals surface area contributed by atoms with Crippen LogP contribution in [0.1, 0.15) is 13.8 Å². The summed E-state index contributed by atoms with van der Waals surface area (Å²) in [5, 5.41) is 0. The second-order valence-electron chi connectivity index (χ2n) is 1.88.